The van der Waals surface area contributed by atoms with Gasteiger partial charge in [0.2, 0.25) is 21.9 Å². The molecule has 0 spiro atoms. The van der Waals surface area contributed by atoms with E-state index in [1.807, 2.05) is 24.0 Å². The number of alkyl halides is 3. The Labute approximate surface area is 289 Å². The van der Waals surface area contributed by atoms with E-state index in [1.165, 1.54) is 9.87 Å². The van der Waals surface area contributed by atoms with E-state index < -0.39 is 39.9 Å². The molecule has 3 fully saturated rings. The van der Waals surface area contributed by atoms with Crippen molar-refractivity contribution in [1.29, 1.82) is 0 Å². The Bertz CT molecular complexity index is 1920. The number of ether oxygens (including phenoxy) is 1. The van der Waals surface area contributed by atoms with Crippen LogP contribution in [0.3, 0.4) is 0 Å². The van der Waals surface area contributed by atoms with E-state index in [9.17, 15) is 26.7 Å². The van der Waals surface area contributed by atoms with Crippen LogP contribution in [-0.2, 0) is 29.8 Å². The third-order valence-corrected chi connectivity index (χ3v) is 12.2. The molecule has 4 aromatic rings. The molecule has 0 radical (unpaired) electrons. The maximum Gasteiger partial charge on any atom is 0.423 e. The first-order chi connectivity index (χ1) is 23.9. The van der Waals surface area contributed by atoms with Gasteiger partial charge in [0.15, 0.2) is 0 Å². The van der Waals surface area contributed by atoms with E-state index >= 15 is 0 Å². The average molecular weight is 714 g/mol. The number of halogens is 3. The number of piperidine rings is 2. The Morgan fingerprint density at radius 2 is 1.76 bits per heavy atom. The van der Waals surface area contributed by atoms with E-state index in [0.717, 1.165) is 42.4 Å². The number of aryl methyl sites for hydroxylation is 1. The maximum atomic E-state index is 13.7. The third-order valence-electron chi connectivity index (χ3n) is 10.3. The lowest BCUT2D eigenvalue weighted by molar-refractivity contribution is -0.140. The van der Waals surface area contributed by atoms with Crippen molar-refractivity contribution in [3.05, 3.63) is 71.5 Å². The maximum absolute atomic E-state index is 13.7. The summed E-state index contributed by atoms with van der Waals surface area (Å²) in [5, 5.41) is 18.6. The number of likely N-dealkylation sites (tertiary alicyclic amines) is 1. The predicted octanol–water partition coefficient (Wildman–Crippen LogP) is 5.32. The van der Waals surface area contributed by atoms with Gasteiger partial charge in [0.05, 0.1) is 22.7 Å². The lowest BCUT2D eigenvalue weighted by Crippen LogP contribution is -2.42. The van der Waals surface area contributed by atoms with Crippen LogP contribution in [0.25, 0.3) is 10.9 Å². The highest BCUT2D eigenvalue weighted by Gasteiger charge is 2.39. The van der Waals surface area contributed by atoms with Crippen molar-refractivity contribution in [1.82, 2.24) is 29.0 Å². The summed E-state index contributed by atoms with van der Waals surface area (Å²) in [6.45, 7) is 2.98. The number of nitrogens with zero attached hydrogens (tertiary/aromatic N) is 6. The summed E-state index contributed by atoms with van der Waals surface area (Å²) >= 11 is 0. The van der Waals surface area contributed by atoms with Gasteiger partial charge in [-0.25, -0.2) is 13.4 Å². The summed E-state index contributed by atoms with van der Waals surface area (Å²) in [6, 6.07) is 13.5. The van der Waals surface area contributed by atoms with E-state index in [4.69, 9.17) is 4.74 Å². The van der Waals surface area contributed by atoms with Crippen LogP contribution in [0.2, 0.25) is 0 Å². The topological polar surface area (TPSA) is 126 Å². The first-order valence-corrected chi connectivity index (χ1v) is 18.7. The molecule has 50 heavy (non-hydrogen) atoms. The summed E-state index contributed by atoms with van der Waals surface area (Å²) in [4.78, 5) is 10.5. The van der Waals surface area contributed by atoms with Crippen molar-refractivity contribution < 1.29 is 31.4 Å². The van der Waals surface area contributed by atoms with Gasteiger partial charge in [0.1, 0.15) is 11.7 Å². The zero-order valence-electron chi connectivity index (χ0n) is 27.9. The molecule has 2 aliphatic heterocycles. The highest BCUT2D eigenvalue weighted by molar-refractivity contribution is 7.89. The van der Waals surface area contributed by atoms with Crippen molar-refractivity contribution in [3.63, 3.8) is 0 Å². The first kappa shape index (κ1) is 34.6. The van der Waals surface area contributed by atoms with Gasteiger partial charge in [-0.15, -0.1) is 0 Å². The van der Waals surface area contributed by atoms with Gasteiger partial charge in [-0.05, 0) is 93.3 Å². The number of anilines is 1. The Morgan fingerprint density at radius 3 is 2.48 bits per heavy atom. The number of aliphatic hydroxyl groups is 1. The second-order valence-electron chi connectivity index (χ2n) is 13.7. The highest BCUT2D eigenvalue weighted by atomic mass is 32.2. The zero-order valence-corrected chi connectivity index (χ0v) is 28.7. The zero-order chi connectivity index (χ0) is 35.0. The van der Waals surface area contributed by atoms with Crippen LogP contribution in [-0.4, -0.2) is 86.9 Å². The van der Waals surface area contributed by atoms with Gasteiger partial charge in [-0.2, -0.15) is 27.6 Å². The van der Waals surface area contributed by atoms with Crippen molar-refractivity contribution in [3.8, 4) is 5.88 Å². The Balaban J connectivity index is 0.938. The summed E-state index contributed by atoms with van der Waals surface area (Å²) in [5.74, 6) is -0.178. The number of nitrogens with one attached hydrogen (secondary N) is 1. The molecule has 2 N–H and O–H groups in total. The second kappa shape index (κ2) is 14.1. The minimum atomic E-state index is -4.72. The number of rotatable bonds is 9. The van der Waals surface area contributed by atoms with Gasteiger partial charge < -0.3 is 15.2 Å². The van der Waals surface area contributed by atoms with Gasteiger partial charge in [0.25, 0.3) is 0 Å². The molecule has 1 aliphatic carbocycles. The van der Waals surface area contributed by atoms with Crippen LogP contribution in [0.5, 0.6) is 5.88 Å². The number of hydrogen-bond acceptors (Lipinski definition) is 9. The Kier molecular flexibility index (Phi) is 9.76. The number of hydrogen-bond donors (Lipinski definition) is 2. The van der Waals surface area contributed by atoms with Crippen molar-refractivity contribution >= 4 is 26.9 Å². The predicted molar refractivity (Wildman–Crippen MR) is 181 cm³/mol. The van der Waals surface area contributed by atoms with Gasteiger partial charge >= 0.3 is 6.18 Å². The SMILES string of the molecule is Cn1ncc2ccc(C3CCN(Cc4cccc(S(=O)(=O)N5CCC(Nc6ncc(C(F)(F)F)c(O[C@@H]7CCC[C@@H]7O)n6)CC5)c4)CC3)cc21. The number of aliphatic hydroxyl groups excluding tert-OH is 1. The summed E-state index contributed by atoms with van der Waals surface area (Å²) < 4.78 is 77.2. The quantitative estimate of drug-likeness (QED) is 0.237. The molecule has 3 aliphatic rings. The second-order valence-corrected chi connectivity index (χ2v) is 15.6. The average Bonchev–Trinajstić information content (AvgIpc) is 3.68. The molecule has 7 rings (SSSR count). The fourth-order valence-corrected chi connectivity index (χ4v) is 8.92. The fraction of sp³-hybridized carbons (Fsp3) is 0.514. The number of aromatic nitrogens is 4. The van der Waals surface area contributed by atoms with Crippen molar-refractivity contribution in [2.45, 2.75) is 86.7 Å². The summed E-state index contributed by atoms with van der Waals surface area (Å²) in [6.07, 6.45) is 0.665. The van der Waals surface area contributed by atoms with E-state index in [1.54, 1.807) is 18.2 Å². The van der Waals surface area contributed by atoms with Crippen LogP contribution in [0.4, 0.5) is 19.1 Å². The first-order valence-electron chi connectivity index (χ1n) is 17.2. The molecule has 2 saturated heterocycles. The molecule has 0 amide bonds. The molecule has 2 aromatic carbocycles. The minimum Gasteiger partial charge on any atom is -0.471 e. The van der Waals surface area contributed by atoms with Crippen LogP contribution in [0.1, 0.15) is 67.6 Å². The van der Waals surface area contributed by atoms with Crippen LogP contribution < -0.4 is 10.1 Å². The molecule has 1 saturated carbocycles. The monoisotopic (exact) mass is 713 g/mol. The normalized spacial score (nSPS) is 21.9. The van der Waals surface area contributed by atoms with E-state index in [0.29, 0.717) is 50.8 Å². The molecule has 268 valence electrons. The Hall–Kier alpha value is -3.79. The number of sulfonamides is 1. The van der Waals surface area contributed by atoms with E-state index in [2.05, 4.69) is 43.5 Å². The third kappa shape index (κ3) is 7.46. The molecular formula is C35H42F3N7O4S. The lowest BCUT2D eigenvalue weighted by atomic mass is 9.89. The Morgan fingerprint density at radius 1 is 0.980 bits per heavy atom. The van der Waals surface area contributed by atoms with Crippen molar-refractivity contribution in [2.75, 3.05) is 31.5 Å². The molecule has 4 heterocycles. The highest BCUT2D eigenvalue weighted by Crippen LogP contribution is 2.37. The lowest BCUT2D eigenvalue weighted by Gasteiger charge is -2.33. The summed E-state index contributed by atoms with van der Waals surface area (Å²) in [7, 11) is -1.79. The largest absolute Gasteiger partial charge is 0.471 e. The summed E-state index contributed by atoms with van der Waals surface area (Å²) in [5.41, 5.74) is 2.31. The minimum absolute atomic E-state index is 0.0343. The molecule has 15 heteroatoms. The molecule has 2 aromatic heterocycles. The molecule has 0 unspecified atom stereocenters. The van der Waals surface area contributed by atoms with Crippen LogP contribution >= 0.6 is 0 Å². The van der Waals surface area contributed by atoms with Gasteiger partial charge in [-0.3, -0.25) is 9.58 Å². The van der Waals surface area contributed by atoms with Gasteiger partial charge in [0, 0.05) is 44.3 Å². The molecule has 0 bridgehead atoms. The smallest absolute Gasteiger partial charge is 0.423 e. The van der Waals surface area contributed by atoms with Crippen LogP contribution in [0, 0.1) is 0 Å². The molecule has 2 atom stereocenters. The van der Waals surface area contributed by atoms with Gasteiger partial charge in [-0.1, -0.05) is 24.3 Å². The standard InChI is InChI=1S/C35H42F3N7O4S/c1-43-30-19-25(8-9-26(30)20-40-43)24-10-14-44(15-11-24)22-23-4-2-5-28(18-23)50(47,48)45-16-12-27(13-17-45)41-34-39-21-29(35(36,37)38)33(42-34)49-32-7-3-6-31(32)46/h2,4-5,8-9,18-21,24,27,31-32,46H,3,6-7,10-17,22H2,1H3,(H,39,41,42)/t31-,32+/m0/s1. The van der Waals surface area contributed by atoms with E-state index in [-0.39, 0.29) is 30.0 Å². The molecular weight excluding hydrogens is 671 g/mol. The molecule has 11 nitrogen and oxygen atoms in total. The van der Waals surface area contributed by atoms with Crippen LogP contribution in [0.15, 0.2) is 59.8 Å². The number of benzene rings is 2. The fourth-order valence-electron chi connectivity index (χ4n) is 7.38. The number of fused-ring (bicyclic) bond motifs is 1. The van der Waals surface area contributed by atoms with Crippen molar-refractivity contribution in [2.24, 2.45) is 7.05 Å².